The Balaban J connectivity index is 1.17. The van der Waals surface area contributed by atoms with Gasteiger partial charge in [-0.25, -0.2) is 0 Å². The molecule has 1 aromatic carbocycles. The number of carbonyl (C=O) groups is 1. The van der Waals surface area contributed by atoms with E-state index in [0.717, 1.165) is 43.2 Å². The van der Waals surface area contributed by atoms with Gasteiger partial charge in [0.2, 0.25) is 11.8 Å². The Morgan fingerprint density at radius 2 is 1.90 bits per heavy atom. The summed E-state index contributed by atoms with van der Waals surface area (Å²) in [5, 5.41) is 11.7. The second-order valence-electron chi connectivity index (χ2n) is 8.18. The van der Waals surface area contributed by atoms with E-state index in [0.29, 0.717) is 11.1 Å². The largest absolute Gasteiger partial charge is 0.497 e. The molecule has 30 heavy (non-hydrogen) atoms. The van der Waals surface area contributed by atoms with Gasteiger partial charge in [0.15, 0.2) is 0 Å². The van der Waals surface area contributed by atoms with Gasteiger partial charge in [0.1, 0.15) is 5.75 Å². The van der Waals surface area contributed by atoms with Crippen LogP contribution < -0.4 is 10.1 Å². The van der Waals surface area contributed by atoms with Crippen LogP contribution >= 0.6 is 11.8 Å². The van der Waals surface area contributed by atoms with E-state index < -0.39 is 0 Å². The van der Waals surface area contributed by atoms with Crippen molar-refractivity contribution in [1.29, 1.82) is 0 Å². The van der Waals surface area contributed by atoms with Crippen molar-refractivity contribution in [2.75, 3.05) is 32.5 Å². The Hall–Kier alpha value is -2.06. The standard InChI is InChI=1S/C22H30N4O3S/c1-28-19-8-6-17(7-9-19)21-24-25-22(29-21)30-15-20(27)23-18-10-12-26(13-11-18)14-16-4-2-3-5-16/h6-9,16,18H,2-5,10-15H2,1H3,(H,23,27). The number of methoxy groups -OCH3 is 1. The zero-order valence-corrected chi connectivity index (χ0v) is 18.3. The van der Waals surface area contributed by atoms with Crippen molar-refractivity contribution in [3.63, 3.8) is 0 Å². The maximum Gasteiger partial charge on any atom is 0.277 e. The summed E-state index contributed by atoms with van der Waals surface area (Å²) in [7, 11) is 1.63. The second-order valence-corrected chi connectivity index (χ2v) is 9.11. The highest BCUT2D eigenvalue weighted by Gasteiger charge is 2.24. The molecule has 1 aromatic heterocycles. The molecule has 1 amide bonds. The van der Waals surface area contributed by atoms with Gasteiger partial charge in [-0.3, -0.25) is 4.79 Å². The van der Waals surface area contributed by atoms with Crippen molar-refractivity contribution in [3.8, 4) is 17.2 Å². The molecule has 1 aliphatic heterocycles. The summed E-state index contributed by atoms with van der Waals surface area (Å²) in [6.45, 7) is 3.41. The van der Waals surface area contributed by atoms with Crippen LogP contribution in [-0.2, 0) is 4.79 Å². The van der Waals surface area contributed by atoms with Gasteiger partial charge in [0.25, 0.3) is 5.22 Å². The Labute approximate surface area is 181 Å². The normalized spacial score (nSPS) is 18.6. The van der Waals surface area contributed by atoms with E-state index in [1.165, 1.54) is 44.0 Å². The Morgan fingerprint density at radius 1 is 1.17 bits per heavy atom. The first kappa shape index (κ1) is 21.2. The lowest BCUT2D eigenvalue weighted by Crippen LogP contribution is -2.46. The minimum atomic E-state index is 0.0263. The van der Waals surface area contributed by atoms with Gasteiger partial charge in [-0.1, -0.05) is 24.6 Å². The third-order valence-electron chi connectivity index (χ3n) is 6.01. The van der Waals surface area contributed by atoms with Gasteiger partial charge in [-0.05, 0) is 55.9 Å². The second kappa shape index (κ2) is 10.3. The lowest BCUT2D eigenvalue weighted by Gasteiger charge is -2.33. The van der Waals surface area contributed by atoms with Crippen LogP contribution in [0.1, 0.15) is 38.5 Å². The van der Waals surface area contributed by atoms with Crippen LogP contribution in [0.5, 0.6) is 5.75 Å². The molecule has 1 aliphatic carbocycles. The molecule has 0 spiro atoms. The molecule has 0 atom stereocenters. The number of carbonyl (C=O) groups excluding carboxylic acids is 1. The zero-order chi connectivity index (χ0) is 20.8. The molecule has 1 N–H and O–H groups in total. The smallest absolute Gasteiger partial charge is 0.277 e. The van der Waals surface area contributed by atoms with Crippen molar-refractivity contribution in [1.82, 2.24) is 20.4 Å². The number of nitrogens with one attached hydrogen (secondary N) is 1. The molecule has 0 radical (unpaired) electrons. The maximum absolute atomic E-state index is 12.3. The molecule has 0 bridgehead atoms. The summed E-state index contributed by atoms with van der Waals surface area (Å²) < 4.78 is 10.8. The van der Waals surface area contributed by atoms with Crippen molar-refractivity contribution >= 4 is 17.7 Å². The molecule has 8 heteroatoms. The molecular weight excluding hydrogens is 400 g/mol. The van der Waals surface area contributed by atoms with E-state index >= 15 is 0 Å². The van der Waals surface area contributed by atoms with Crippen LogP contribution in [0, 0.1) is 5.92 Å². The first-order valence-corrected chi connectivity index (χ1v) is 11.8. The third kappa shape index (κ3) is 5.76. The fourth-order valence-corrected chi connectivity index (χ4v) is 4.91. The van der Waals surface area contributed by atoms with Crippen molar-refractivity contribution in [3.05, 3.63) is 24.3 Å². The number of rotatable bonds is 8. The fourth-order valence-electron chi connectivity index (χ4n) is 4.33. The molecule has 7 nitrogen and oxygen atoms in total. The highest BCUT2D eigenvalue weighted by atomic mass is 32.2. The predicted octanol–water partition coefficient (Wildman–Crippen LogP) is 3.61. The van der Waals surface area contributed by atoms with Crippen LogP contribution in [0.3, 0.4) is 0 Å². The number of likely N-dealkylation sites (tertiary alicyclic amines) is 1. The number of hydrogen-bond donors (Lipinski definition) is 1. The minimum Gasteiger partial charge on any atom is -0.497 e. The molecule has 1 saturated carbocycles. The number of amides is 1. The number of ether oxygens (including phenoxy) is 1. The summed E-state index contributed by atoms with van der Waals surface area (Å²) in [6.07, 6.45) is 7.65. The topological polar surface area (TPSA) is 80.5 Å². The lowest BCUT2D eigenvalue weighted by molar-refractivity contribution is -0.119. The third-order valence-corrected chi connectivity index (χ3v) is 6.83. The van der Waals surface area contributed by atoms with Crippen LogP contribution in [0.4, 0.5) is 0 Å². The Morgan fingerprint density at radius 3 is 2.60 bits per heavy atom. The van der Waals surface area contributed by atoms with E-state index in [2.05, 4.69) is 20.4 Å². The Bertz CT molecular complexity index is 812. The van der Waals surface area contributed by atoms with Gasteiger partial charge in [0, 0.05) is 31.2 Å². The minimum absolute atomic E-state index is 0.0263. The van der Waals surface area contributed by atoms with E-state index in [9.17, 15) is 4.79 Å². The summed E-state index contributed by atoms with van der Waals surface area (Å²) >= 11 is 1.27. The van der Waals surface area contributed by atoms with E-state index in [1.807, 2.05) is 24.3 Å². The van der Waals surface area contributed by atoms with E-state index in [1.54, 1.807) is 7.11 Å². The van der Waals surface area contributed by atoms with Gasteiger partial charge < -0.3 is 19.4 Å². The van der Waals surface area contributed by atoms with E-state index in [4.69, 9.17) is 9.15 Å². The number of nitrogens with zero attached hydrogens (tertiary/aromatic N) is 3. The quantitative estimate of drug-likeness (QED) is 0.641. The van der Waals surface area contributed by atoms with Gasteiger partial charge in [0.05, 0.1) is 12.9 Å². The van der Waals surface area contributed by atoms with Gasteiger partial charge in [-0.2, -0.15) is 0 Å². The van der Waals surface area contributed by atoms with Crippen molar-refractivity contribution in [2.45, 2.75) is 49.8 Å². The number of thioether (sulfide) groups is 1. The molecule has 2 aromatic rings. The average Bonchev–Trinajstić information content (AvgIpc) is 3.46. The van der Waals surface area contributed by atoms with Gasteiger partial charge >= 0.3 is 0 Å². The van der Waals surface area contributed by atoms with Crippen LogP contribution in [-0.4, -0.2) is 59.5 Å². The molecule has 1 saturated heterocycles. The first-order valence-electron chi connectivity index (χ1n) is 10.8. The number of hydrogen-bond acceptors (Lipinski definition) is 7. The first-order chi connectivity index (χ1) is 14.7. The zero-order valence-electron chi connectivity index (χ0n) is 17.5. The molecule has 2 aliphatic rings. The number of piperidine rings is 1. The monoisotopic (exact) mass is 430 g/mol. The fraction of sp³-hybridized carbons (Fsp3) is 0.591. The SMILES string of the molecule is COc1ccc(-c2nnc(SCC(=O)NC3CCN(CC4CCCC4)CC3)o2)cc1. The van der Waals surface area contributed by atoms with Crippen LogP contribution in [0.25, 0.3) is 11.5 Å². The lowest BCUT2D eigenvalue weighted by atomic mass is 10.0. The summed E-state index contributed by atoms with van der Waals surface area (Å²) in [5.41, 5.74) is 0.823. The summed E-state index contributed by atoms with van der Waals surface area (Å²) in [4.78, 5) is 14.9. The maximum atomic E-state index is 12.3. The summed E-state index contributed by atoms with van der Waals surface area (Å²) in [6, 6.07) is 7.70. The number of aromatic nitrogens is 2. The molecule has 162 valence electrons. The van der Waals surface area contributed by atoms with E-state index in [-0.39, 0.29) is 17.7 Å². The summed E-state index contributed by atoms with van der Waals surface area (Å²) in [5.74, 6) is 2.42. The average molecular weight is 431 g/mol. The van der Waals surface area contributed by atoms with Crippen molar-refractivity contribution < 1.29 is 13.9 Å². The molecular formula is C22H30N4O3S. The molecule has 2 fully saturated rings. The van der Waals surface area contributed by atoms with Crippen molar-refractivity contribution in [2.24, 2.45) is 5.92 Å². The highest BCUT2D eigenvalue weighted by Crippen LogP contribution is 2.27. The highest BCUT2D eigenvalue weighted by molar-refractivity contribution is 7.99. The molecule has 4 rings (SSSR count). The van der Waals surface area contributed by atoms with Crippen LogP contribution in [0.2, 0.25) is 0 Å². The number of benzene rings is 1. The molecule has 0 unspecified atom stereocenters. The van der Waals surface area contributed by atoms with Gasteiger partial charge in [-0.15, -0.1) is 10.2 Å². The Kier molecular flexibility index (Phi) is 7.28. The predicted molar refractivity (Wildman–Crippen MR) is 117 cm³/mol. The van der Waals surface area contributed by atoms with Crippen LogP contribution in [0.15, 0.2) is 33.9 Å². The molecule has 2 heterocycles.